The van der Waals surface area contributed by atoms with Crippen molar-refractivity contribution in [3.05, 3.63) is 35.4 Å². The maximum atomic E-state index is 12.2. The predicted octanol–water partition coefficient (Wildman–Crippen LogP) is 3.08. The molecule has 1 unspecified atom stereocenters. The molecule has 0 spiro atoms. The van der Waals surface area contributed by atoms with E-state index in [4.69, 9.17) is 0 Å². The van der Waals surface area contributed by atoms with Crippen LogP contribution in [-0.4, -0.2) is 26.8 Å². The average Bonchev–Trinajstić information content (AvgIpc) is 2.40. The Balaban J connectivity index is 2.48. The summed E-state index contributed by atoms with van der Waals surface area (Å²) < 4.78 is 24.3. The molecule has 0 aliphatic carbocycles. The quantitative estimate of drug-likeness (QED) is 0.762. The van der Waals surface area contributed by atoms with Crippen LogP contribution in [0, 0.1) is 6.92 Å². The molecule has 1 N–H and O–H groups in total. The maximum Gasteiger partial charge on any atom is 0.154 e. The number of sulfone groups is 1. The van der Waals surface area contributed by atoms with Crippen LogP contribution in [0.15, 0.2) is 24.3 Å². The van der Waals surface area contributed by atoms with Gasteiger partial charge in [0.15, 0.2) is 9.84 Å². The molecule has 0 amide bonds. The minimum Gasteiger partial charge on any atom is -0.314 e. The highest BCUT2D eigenvalue weighted by Gasteiger charge is 2.14. The zero-order valence-electron chi connectivity index (χ0n) is 12.9. The topological polar surface area (TPSA) is 46.2 Å². The van der Waals surface area contributed by atoms with Crippen LogP contribution >= 0.6 is 0 Å². The van der Waals surface area contributed by atoms with Gasteiger partial charge < -0.3 is 5.32 Å². The zero-order valence-corrected chi connectivity index (χ0v) is 13.7. The first kappa shape index (κ1) is 17.2. The summed E-state index contributed by atoms with van der Waals surface area (Å²) in [4.78, 5) is 0. The van der Waals surface area contributed by atoms with Gasteiger partial charge in [0.2, 0.25) is 0 Å². The lowest BCUT2D eigenvalue weighted by atomic mass is 10.1. The summed E-state index contributed by atoms with van der Waals surface area (Å²) >= 11 is 0. The van der Waals surface area contributed by atoms with Gasteiger partial charge >= 0.3 is 0 Å². The summed E-state index contributed by atoms with van der Waals surface area (Å²) in [6, 6.07) is 8.14. The number of hydrogen-bond acceptors (Lipinski definition) is 3. The molecule has 20 heavy (non-hydrogen) atoms. The van der Waals surface area contributed by atoms with Crippen molar-refractivity contribution in [2.24, 2.45) is 0 Å². The molecule has 0 saturated heterocycles. The van der Waals surface area contributed by atoms with Crippen LogP contribution in [0.2, 0.25) is 0 Å². The lowest BCUT2D eigenvalue weighted by Crippen LogP contribution is -2.28. The van der Waals surface area contributed by atoms with Crippen LogP contribution in [0.3, 0.4) is 0 Å². The van der Waals surface area contributed by atoms with Gasteiger partial charge in [-0.25, -0.2) is 8.42 Å². The fraction of sp³-hybridized carbons (Fsp3) is 0.625. The van der Waals surface area contributed by atoms with Gasteiger partial charge in [-0.3, -0.25) is 0 Å². The summed E-state index contributed by atoms with van der Waals surface area (Å²) in [5.74, 6) is 0.445. The van der Waals surface area contributed by atoms with E-state index in [1.807, 2.05) is 31.2 Å². The van der Waals surface area contributed by atoms with Crippen LogP contribution in [0.25, 0.3) is 0 Å². The molecular formula is C16H27NO2S. The molecule has 1 aromatic carbocycles. The van der Waals surface area contributed by atoms with Crippen molar-refractivity contribution in [1.29, 1.82) is 0 Å². The Morgan fingerprint density at radius 2 is 1.90 bits per heavy atom. The summed E-state index contributed by atoms with van der Waals surface area (Å²) in [6.07, 6.45) is 2.71. The van der Waals surface area contributed by atoms with Gasteiger partial charge in [-0.1, -0.05) is 38.1 Å². The van der Waals surface area contributed by atoms with Gasteiger partial charge in [0.1, 0.15) is 0 Å². The maximum absolute atomic E-state index is 12.2. The van der Waals surface area contributed by atoms with E-state index in [-0.39, 0.29) is 11.5 Å². The van der Waals surface area contributed by atoms with Crippen LogP contribution in [0.1, 0.15) is 44.2 Å². The molecule has 0 heterocycles. The Morgan fingerprint density at radius 1 is 1.20 bits per heavy atom. The van der Waals surface area contributed by atoms with Crippen molar-refractivity contribution in [1.82, 2.24) is 5.32 Å². The summed E-state index contributed by atoms with van der Waals surface area (Å²) in [7, 11) is -3.00. The third-order valence-corrected chi connectivity index (χ3v) is 5.29. The minimum atomic E-state index is -3.00. The van der Waals surface area contributed by atoms with Crippen LogP contribution in [0.5, 0.6) is 0 Å². The summed E-state index contributed by atoms with van der Waals surface area (Å²) in [6.45, 7) is 7.12. The Morgan fingerprint density at radius 3 is 2.50 bits per heavy atom. The highest BCUT2D eigenvalue weighted by Crippen LogP contribution is 2.13. The lowest BCUT2D eigenvalue weighted by molar-refractivity contribution is 0.474. The Bertz CT molecular complexity index is 497. The average molecular weight is 297 g/mol. The molecule has 0 radical (unpaired) electrons. The van der Waals surface area contributed by atoms with E-state index in [0.717, 1.165) is 36.9 Å². The molecule has 114 valence electrons. The third kappa shape index (κ3) is 6.06. The normalized spacial score (nSPS) is 13.3. The second-order valence-electron chi connectivity index (χ2n) is 5.32. The van der Waals surface area contributed by atoms with Gasteiger partial charge in [0, 0.05) is 6.04 Å². The van der Waals surface area contributed by atoms with E-state index >= 15 is 0 Å². The summed E-state index contributed by atoms with van der Waals surface area (Å²) in [5, 5.41) is 3.38. The predicted molar refractivity (Wildman–Crippen MR) is 85.7 cm³/mol. The molecule has 0 aromatic heterocycles. The molecule has 1 rings (SSSR count). The first-order valence-corrected chi connectivity index (χ1v) is 9.29. The minimum absolute atomic E-state index is 0.164. The smallest absolute Gasteiger partial charge is 0.154 e. The molecule has 0 bridgehead atoms. The standard InChI is InChI=1S/C16H27NO2S/c1-4-16(17-5-2)11-8-12-20(18,19)13-15-10-7-6-9-14(15)3/h6-7,9-10,16-17H,4-5,8,11-13H2,1-3H3. The molecule has 1 atom stereocenters. The number of hydrogen-bond donors (Lipinski definition) is 1. The van der Waals surface area contributed by atoms with Gasteiger partial charge in [-0.15, -0.1) is 0 Å². The number of nitrogens with one attached hydrogen (secondary N) is 1. The van der Waals surface area contributed by atoms with E-state index in [1.54, 1.807) is 0 Å². The zero-order chi connectivity index (χ0) is 15.0. The van der Waals surface area contributed by atoms with Gasteiger partial charge in [-0.2, -0.15) is 0 Å². The van der Waals surface area contributed by atoms with Crippen LogP contribution < -0.4 is 5.32 Å². The number of aryl methyl sites for hydroxylation is 1. The highest BCUT2D eigenvalue weighted by molar-refractivity contribution is 7.90. The first-order chi connectivity index (χ1) is 9.48. The Hall–Kier alpha value is -0.870. The molecule has 3 nitrogen and oxygen atoms in total. The van der Waals surface area contributed by atoms with Crippen molar-refractivity contribution in [2.75, 3.05) is 12.3 Å². The second kappa shape index (κ2) is 8.42. The van der Waals surface area contributed by atoms with Crippen LogP contribution in [0.4, 0.5) is 0 Å². The van der Waals surface area contributed by atoms with Crippen molar-refractivity contribution >= 4 is 9.84 Å². The largest absolute Gasteiger partial charge is 0.314 e. The fourth-order valence-electron chi connectivity index (χ4n) is 2.37. The molecule has 0 aliphatic heterocycles. The number of benzene rings is 1. The van der Waals surface area contributed by atoms with Gasteiger partial charge in [0.25, 0.3) is 0 Å². The van der Waals surface area contributed by atoms with Crippen molar-refractivity contribution < 1.29 is 8.42 Å². The Kier molecular flexibility index (Phi) is 7.24. The first-order valence-electron chi connectivity index (χ1n) is 7.46. The van der Waals surface area contributed by atoms with Crippen molar-refractivity contribution in [2.45, 2.75) is 51.8 Å². The molecular weight excluding hydrogens is 270 g/mol. The second-order valence-corrected chi connectivity index (χ2v) is 7.51. The fourth-order valence-corrected chi connectivity index (χ4v) is 3.92. The lowest BCUT2D eigenvalue weighted by Gasteiger charge is -2.15. The van der Waals surface area contributed by atoms with Gasteiger partial charge in [-0.05, 0) is 43.9 Å². The monoisotopic (exact) mass is 297 g/mol. The van der Waals surface area contributed by atoms with E-state index < -0.39 is 9.84 Å². The molecule has 0 aliphatic rings. The number of rotatable bonds is 9. The molecule has 0 fully saturated rings. The summed E-state index contributed by atoms with van der Waals surface area (Å²) in [5.41, 5.74) is 1.97. The van der Waals surface area contributed by atoms with Crippen molar-refractivity contribution in [3.8, 4) is 0 Å². The van der Waals surface area contributed by atoms with E-state index in [1.165, 1.54) is 0 Å². The van der Waals surface area contributed by atoms with E-state index in [9.17, 15) is 8.42 Å². The highest BCUT2D eigenvalue weighted by atomic mass is 32.2. The van der Waals surface area contributed by atoms with E-state index in [2.05, 4.69) is 19.2 Å². The molecule has 1 aromatic rings. The third-order valence-electron chi connectivity index (χ3n) is 3.63. The van der Waals surface area contributed by atoms with Crippen LogP contribution in [-0.2, 0) is 15.6 Å². The molecule has 0 saturated carbocycles. The Labute approximate surface area is 123 Å². The SMILES string of the molecule is CCNC(CC)CCCS(=O)(=O)Cc1ccccc1C. The van der Waals surface area contributed by atoms with E-state index in [0.29, 0.717) is 6.04 Å². The van der Waals surface area contributed by atoms with Gasteiger partial charge in [0.05, 0.1) is 11.5 Å². The molecule has 4 heteroatoms. The van der Waals surface area contributed by atoms with Crippen molar-refractivity contribution in [3.63, 3.8) is 0 Å².